The van der Waals surface area contributed by atoms with Crippen LogP contribution < -0.4 is 4.74 Å². The van der Waals surface area contributed by atoms with E-state index in [1.54, 1.807) is 24.3 Å². The minimum atomic E-state index is -3.88. The van der Waals surface area contributed by atoms with E-state index in [-0.39, 0.29) is 18.8 Å². The van der Waals surface area contributed by atoms with Crippen LogP contribution in [0.2, 0.25) is 0 Å². The van der Waals surface area contributed by atoms with Crippen molar-refractivity contribution >= 4 is 10.1 Å². The molecular formula is C10H13O4S. The van der Waals surface area contributed by atoms with Gasteiger partial charge in [0.05, 0.1) is 12.4 Å². The number of hydrogen-bond donors (Lipinski definition) is 1. The molecule has 15 heavy (non-hydrogen) atoms. The van der Waals surface area contributed by atoms with Crippen LogP contribution in [0.3, 0.4) is 0 Å². The van der Waals surface area contributed by atoms with Crippen molar-refractivity contribution in [1.82, 2.24) is 0 Å². The first-order valence-electron chi connectivity index (χ1n) is 4.47. The summed E-state index contributed by atoms with van der Waals surface area (Å²) in [4.78, 5) is 0. The third-order valence-electron chi connectivity index (χ3n) is 1.74. The zero-order valence-electron chi connectivity index (χ0n) is 8.22. The summed E-state index contributed by atoms with van der Waals surface area (Å²) in [5, 5.41) is 0. The van der Waals surface area contributed by atoms with Gasteiger partial charge in [-0.3, -0.25) is 4.55 Å². The van der Waals surface area contributed by atoms with Gasteiger partial charge in [-0.1, -0.05) is 12.1 Å². The monoisotopic (exact) mass is 229 g/mol. The van der Waals surface area contributed by atoms with Crippen LogP contribution in [0.4, 0.5) is 0 Å². The van der Waals surface area contributed by atoms with E-state index in [4.69, 9.17) is 9.29 Å². The summed E-state index contributed by atoms with van der Waals surface area (Å²) < 4.78 is 34.5. The minimum Gasteiger partial charge on any atom is -0.494 e. The first kappa shape index (κ1) is 12.0. The molecule has 0 saturated heterocycles. The highest BCUT2D eigenvalue weighted by Crippen LogP contribution is 2.11. The third-order valence-corrected chi connectivity index (χ3v) is 2.54. The van der Waals surface area contributed by atoms with Gasteiger partial charge in [0, 0.05) is 0 Å². The second-order valence-corrected chi connectivity index (χ2v) is 4.70. The summed E-state index contributed by atoms with van der Waals surface area (Å²) in [5.74, 6) is 0.387. The van der Waals surface area contributed by atoms with Gasteiger partial charge in [0.15, 0.2) is 0 Å². The van der Waals surface area contributed by atoms with E-state index in [0.29, 0.717) is 5.75 Å². The summed E-state index contributed by atoms with van der Waals surface area (Å²) in [5.41, 5.74) is 0.889. The molecule has 0 saturated carbocycles. The number of rotatable bonds is 5. The molecule has 0 amide bonds. The predicted molar refractivity (Wildman–Crippen MR) is 57.4 cm³/mol. The van der Waals surface area contributed by atoms with Gasteiger partial charge in [0.1, 0.15) is 5.75 Å². The van der Waals surface area contributed by atoms with Crippen LogP contribution in [0, 0.1) is 6.92 Å². The second kappa shape index (κ2) is 5.14. The van der Waals surface area contributed by atoms with Gasteiger partial charge in [0.2, 0.25) is 0 Å². The lowest BCUT2D eigenvalue weighted by Crippen LogP contribution is -2.08. The molecule has 0 atom stereocenters. The van der Waals surface area contributed by atoms with E-state index in [0.717, 1.165) is 5.56 Å². The zero-order chi connectivity index (χ0) is 11.3. The summed E-state index contributed by atoms with van der Waals surface area (Å²) in [6.45, 7) is 3.98. The van der Waals surface area contributed by atoms with Gasteiger partial charge in [0.25, 0.3) is 10.1 Å². The molecule has 83 valence electrons. The fourth-order valence-electron chi connectivity index (χ4n) is 1.02. The fourth-order valence-corrected chi connectivity index (χ4v) is 1.50. The van der Waals surface area contributed by atoms with Crippen LogP contribution in [-0.4, -0.2) is 25.3 Å². The molecule has 0 bridgehead atoms. The van der Waals surface area contributed by atoms with E-state index in [1.807, 2.05) is 0 Å². The van der Waals surface area contributed by atoms with Gasteiger partial charge >= 0.3 is 0 Å². The Morgan fingerprint density at radius 1 is 1.27 bits per heavy atom. The maximum absolute atomic E-state index is 10.4. The summed E-state index contributed by atoms with van der Waals surface area (Å²) >= 11 is 0. The quantitative estimate of drug-likeness (QED) is 0.614. The average Bonchev–Trinajstić information content (AvgIpc) is 2.14. The molecule has 4 nitrogen and oxygen atoms in total. The fraction of sp³-hybridized carbons (Fsp3) is 0.300. The van der Waals surface area contributed by atoms with E-state index >= 15 is 0 Å². The molecule has 0 aliphatic rings. The second-order valence-electron chi connectivity index (χ2n) is 3.13. The Morgan fingerprint density at radius 3 is 2.40 bits per heavy atom. The Morgan fingerprint density at radius 2 is 1.87 bits per heavy atom. The Kier molecular flexibility index (Phi) is 4.11. The third kappa shape index (κ3) is 5.39. The molecule has 1 aromatic rings. The lowest BCUT2D eigenvalue weighted by atomic mass is 10.2. The van der Waals surface area contributed by atoms with Gasteiger partial charge in [-0.2, -0.15) is 8.42 Å². The van der Waals surface area contributed by atoms with Crippen molar-refractivity contribution in [2.45, 2.75) is 6.42 Å². The lowest BCUT2D eigenvalue weighted by Gasteiger charge is -2.05. The highest BCUT2D eigenvalue weighted by Gasteiger charge is 2.03. The molecule has 0 aliphatic heterocycles. The Hall–Kier alpha value is -1.07. The molecule has 5 heteroatoms. The largest absolute Gasteiger partial charge is 0.494 e. The van der Waals surface area contributed by atoms with Crippen molar-refractivity contribution in [2.24, 2.45) is 0 Å². The van der Waals surface area contributed by atoms with Gasteiger partial charge < -0.3 is 4.74 Å². The van der Waals surface area contributed by atoms with Crippen LogP contribution in [0.15, 0.2) is 24.3 Å². The highest BCUT2D eigenvalue weighted by molar-refractivity contribution is 7.85. The van der Waals surface area contributed by atoms with Crippen molar-refractivity contribution in [1.29, 1.82) is 0 Å². The van der Waals surface area contributed by atoms with Crippen molar-refractivity contribution < 1.29 is 17.7 Å². The first-order chi connectivity index (χ1) is 6.97. The van der Waals surface area contributed by atoms with Crippen LogP contribution in [0.25, 0.3) is 0 Å². The molecular weight excluding hydrogens is 216 g/mol. The van der Waals surface area contributed by atoms with Crippen molar-refractivity contribution in [2.75, 3.05) is 12.4 Å². The Balaban J connectivity index is 2.29. The molecule has 0 heterocycles. The van der Waals surface area contributed by atoms with E-state index in [1.165, 1.54) is 0 Å². The molecule has 0 unspecified atom stereocenters. The van der Waals surface area contributed by atoms with Crippen molar-refractivity contribution in [3.8, 4) is 5.75 Å². The molecule has 1 radical (unpaired) electrons. The summed E-state index contributed by atoms with van der Waals surface area (Å²) in [6.07, 6.45) is 0.269. The van der Waals surface area contributed by atoms with Gasteiger partial charge in [-0.05, 0) is 31.0 Å². The van der Waals surface area contributed by atoms with Crippen LogP contribution in [0.5, 0.6) is 5.75 Å². The van der Waals surface area contributed by atoms with E-state index in [2.05, 4.69) is 6.92 Å². The standard InChI is InChI=1S/C10H13O4S/c1-9-3-5-10(6-4-9)14-7-2-8-15(11,12)13/h3-6H,1-2,7-8H2,(H,11,12,13). The first-order valence-corrected chi connectivity index (χ1v) is 6.08. The van der Waals surface area contributed by atoms with Gasteiger partial charge in [-0.15, -0.1) is 0 Å². The summed E-state index contributed by atoms with van der Waals surface area (Å²) in [7, 11) is -3.88. The number of ether oxygens (including phenoxy) is 1. The van der Waals surface area contributed by atoms with Crippen LogP contribution in [-0.2, 0) is 10.1 Å². The van der Waals surface area contributed by atoms with Crippen LogP contribution in [0.1, 0.15) is 12.0 Å². The number of hydrogen-bond acceptors (Lipinski definition) is 3. The Labute approximate surface area is 89.6 Å². The van der Waals surface area contributed by atoms with E-state index in [9.17, 15) is 8.42 Å². The molecule has 0 spiro atoms. The predicted octanol–water partition coefficient (Wildman–Crippen LogP) is 1.53. The Bertz CT molecular complexity index is 394. The van der Waals surface area contributed by atoms with Crippen molar-refractivity contribution in [3.63, 3.8) is 0 Å². The molecule has 0 aromatic heterocycles. The highest BCUT2D eigenvalue weighted by atomic mass is 32.2. The molecule has 0 aliphatic carbocycles. The maximum Gasteiger partial charge on any atom is 0.264 e. The van der Waals surface area contributed by atoms with Crippen molar-refractivity contribution in [3.05, 3.63) is 36.8 Å². The molecule has 1 aromatic carbocycles. The lowest BCUT2D eigenvalue weighted by molar-refractivity contribution is 0.316. The maximum atomic E-state index is 10.4. The molecule has 1 rings (SSSR count). The van der Waals surface area contributed by atoms with E-state index < -0.39 is 10.1 Å². The van der Waals surface area contributed by atoms with Gasteiger partial charge in [-0.25, -0.2) is 0 Å². The summed E-state index contributed by atoms with van der Waals surface area (Å²) in [6, 6.07) is 7.13. The smallest absolute Gasteiger partial charge is 0.264 e. The average molecular weight is 229 g/mol. The molecule has 1 N–H and O–H groups in total. The normalized spacial score (nSPS) is 11.3. The minimum absolute atomic E-state index is 0.260. The molecule has 0 fully saturated rings. The SMILES string of the molecule is [CH2]c1ccc(OCCCS(=O)(=O)O)cc1. The van der Waals surface area contributed by atoms with Crippen LogP contribution >= 0.6 is 0 Å². The number of benzene rings is 1. The topological polar surface area (TPSA) is 63.6 Å². The zero-order valence-corrected chi connectivity index (χ0v) is 9.03.